The minimum Gasteiger partial charge on any atom is -0.481 e. The molecule has 1 atom stereocenters. The number of rotatable bonds is 6. The van der Waals surface area contributed by atoms with E-state index >= 15 is 0 Å². The molecular formula is C12H19N3O3S. The van der Waals surface area contributed by atoms with Gasteiger partial charge in [-0.05, 0) is 25.7 Å². The van der Waals surface area contributed by atoms with Crippen molar-refractivity contribution >= 4 is 17.7 Å². The number of carboxylic acid groups (broad SMARTS) is 1. The zero-order valence-corrected chi connectivity index (χ0v) is 11.9. The van der Waals surface area contributed by atoms with Crippen molar-refractivity contribution in [3.63, 3.8) is 0 Å². The number of hydrogen-bond donors (Lipinski definition) is 1. The normalized spacial score (nSPS) is 19.5. The average molecular weight is 285 g/mol. The Kier molecular flexibility index (Phi) is 5.21. The van der Waals surface area contributed by atoms with E-state index < -0.39 is 5.97 Å². The van der Waals surface area contributed by atoms with Crippen LogP contribution in [0, 0.1) is 0 Å². The number of thioether (sulfide) groups is 1. The Hall–Kier alpha value is -1.08. The number of hydrogen-bond acceptors (Lipinski definition) is 5. The minimum absolute atomic E-state index is 0.0116. The van der Waals surface area contributed by atoms with E-state index in [1.807, 2.05) is 11.6 Å². The number of nitrogens with zero attached hydrogens (tertiary/aromatic N) is 3. The van der Waals surface area contributed by atoms with Gasteiger partial charge in [0.1, 0.15) is 5.82 Å². The molecule has 1 saturated heterocycles. The molecule has 1 aromatic heterocycles. The Balaban J connectivity index is 1.84. The maximum absolute atomic E-state index is 10.5. The fourth-order valence-corrected chi connectivity index (χ4v) is 2.79. The third-order valence-electron chi connectivity index (χ3n) is 3.21. The summed E-state index contributed by atoms with van der Waals surface area (Å²) in [5.74, 6) is 0.0600. The Labute approximate surface area is 116 Å². The van der Waals surface area contributed by atoms with Crippen LogP contribution in [0.2, 0.25) is 0 Å². The summed E-state index contributed by atoms with van der Waals surface area (Å²) in [5.41, 5.74) is 0. The maximum Gasteiger partial charge on any atom is 0.313 e. The molecule has 0 radical (unpaired) electrons. The van der Waals surface area contributed by atoms with Crippen LogP contribution in [0.15, 0.2) is 5.16 Å². The van der Waals surface area contributed by atoms with Gasteiger partial charge in [0.15, 0.2) is 5.16 Å². The summed E-state index contributed by atoms with van der Waals surface area (Å²) in [7, 11) is 1.88. The molecule has 0 aliphatic carbocycles. The fourth-order valence-electron chi connectivity index (χ4n) is 2.14. The highest BCUT2D eigenvalue weighted by molar-refractivity contribution is 7.99. The van der Waals surface area contributed by atoms with Crippen LogP contribution < -0.4 is 0 Å². The van der Waals surface area contributed by atoms with Crippen LogP contribution in [0.25, 0.3) is 0 Å². The molecule has 0 spiro atoms. The van der Waals surface area contributed by atoms with Gasteiger partial charge in [0.25, 0.3) is 0 Å². The molecular weight excluding hydrogens is 266 g/mol. The highest BCUT2D eigenvalue weighted by Crippen LogP contribution is 2.19. The summed E-state index contributed by atoms with van der Waals surface area (Å²) < 4.78 is 7.56. The zero-order valence-electron chi connectivity index (χ0n) is 11.0. The number of ether oxygens (including phenoxy) is 1. The van der Waals surface area contributed by atoms with E-state index in [2.05, 4.69) is 10.2 Å². The Morgan fingerprint density at radius 1 is 1.53 bits per heavy atom. The molecule has 0 bridgehead atoms. The van der Waals surface area contributed by atoms with Crippen molar-refractivity contribution in [2.45, 2.75) is 43.4 Å². The molecule has 7 heteroatoms. The lowest BCUT2D eigenvalue weighted by Gasteiger charge is -2.22. The van der Waals surface area contributed by atoms with Gasteiger partial charge in [-0.15, -0.1) is 10.2 Å². The quantitative estimate of drug-likeness (QED) is 0.798. The summed E-state index contributed by atoms with van der Waals surface area (Å²) in [4.78, 5) is 10.5. The molecule has 0 amide bonds. The van der Waals surface area contributed by atoms with Crippen molar-refractivity contribution in [2.24, 2.45) is 7.05 Å². The molecule has 2 rings (SSSR count). The molecule has 19 heavy (non-hydrogen) atoms. The number of carboxylic acids is 1. The highest BCUT2D eigenvalue weighted by Gasteiger charge is 2.16. The number of aromatic nitrogens is 3. The number of aliphatic carboxylic acids is 1. The van der Waals surface area contributed by atoms with Gasteiger partial charge < -0.3 is 14.4 Å². The second-order valence-corrected chi connectivity index (χ2v) is 5.61. The van der Waals surface area contributed by atoms with Crippen LogP contribution in [-0.2, 0) is 23.0 Å². The monoisotopic (exact) mass is 285 g/mol. The molecule has 2 heterocycles. The maximum atomic E-state index is 10.5. The highest BCUT2D eigenvalue weighted by atomic mass is 32.2. The van der Waals surface area contributed by atoms with Crippen molar-refractivity contribution in [3.05, 3.63) is 5.82 Å². The third kappa shape index (κ3) is 4.21. The van der Waals surface area contributed by atoms with E-state index in [4.69, 9.17) is 9.84 Å². The van der Waals surface area contributed by atoms with Crippen LogP contribution in [0.1, 0.15) is 31.5 Å². The van der Waals surface area contributed by atoms with Crippen molar-refractivity contribution in [2.75, 3.05) is 12.4 Å². The fraction of sp³-hybridized carbons (Fsp3) is 0.750. The largest absolute Gasteiger partial charge is 0.481 e. The van der Waals surface area contributed by atoms with Crippen LogP contribution in [0.5, 0.6) is 0 Å². The first-order valence-electron chi connectivity index (χ1n) is 6.51. The molecule has 1 aliphatic rings. The lowest BCUT2D eigenvalue weighted by atomic mass is 10.0. The second kappa shape index (κ2) is 6.91. The van der Waals surface area contributed by atoms with Gasteiger partial charge in [0.05, 0.1) is 11.9 Å². The van der Waals surface area contributed by atoms with Gasteiger partial charge in [0.2, 0.25) is 0 Å². The summed E-state index contributed by atoms with van der Waals surface area (Å²) in [6.45, 7) is 0.864. The minimum atomic E-state index is -0.842. The van der Waals surface area contributed by atoms with Crippen molar-refractivity contribution in [1.29, 1.82) is 0 Å². The zero-order chi connectivity index (χ0) is 13.7. The summed E-state index contributed by atoms with van der Waals surface area (Å²) >= 11 is 1.20. The second-order valence-electron chi connectivity index (χ2n) is 4.67. The standard InChI is InChI=1S/C12H19N3O3S/c1-15-10(6-5-9-4-2-3-7-18-9)13-14-12(15)19-8-11(16)17/h9H,2-8H2,1H3,(H,16,17). The SMILES string of the molecule is Cn1c(CCC2CCCCO2)nnc1SCC(=O)O. The topological polar surface area (TPSA) is 77.2 Å². The first-order chi connectivity index (χ1) is 9.16. The van der Waals surface area contributed by atoms with Crippen molar-refractivity contribution < 1.29 is 14.6 Å². The molecule has 1 N–H and O–H groups in total. The van der Waals surface area contributed by atoms with Crippen molar-refractivity contribution in [1.82, 2.24) is 14.8 Å². The van der Waals surface area contributed by atoms with Crippen LogP contribution in [-0.4, -0.2) is 44.3 Å². The first-order valence-corrected chi connectivity index (χ1v) is 7.50. The summed E-state index contributed by atoms with van der Waals surface area (Å²) in [6.07, 6.45) is 5.63. The predicted molar refractivity (Wildman–Crippen MR) is 71.3 cm³/mol. The summed E-state index contributed by atoms with van der Waals surface area (Å²) in [5, 5.41) is 17.5. The smallest absolute Gasteiger partial charge is 0.313 e. The van der Waals surface area contributed by atoms with E-state index in [0.29, 0.717) is 11.3 Å². The number of aryl methyl sites for hydroxylation is 1. The average Bonchev–Trinajstić information content (AvgIpc) is 2.76. The van der Waals surface area contributed by atoms with Gasteiger partial charge in [-0.2, -0.15) is 0 Å². The first kappa shape index (κ1) is 14.3. The molecule has 1 aliphatic heterocycles. The van der Waals surface area contributed by atoms with Gasteiger partial charge >= 0.3 is 5.97 Å². The third-order valence-corrected chi connectivity index (χ3v) is 4.22. The van der Waals surface area contributed by atoms with E-state index in [1.165, 1.54) is 18.2 Å². The lowest BCUT2D eigenvalue weighted by molar-refractivity contribution is -0.133. The predicted octanol–water partition coefficient (Wildman–Crippen LogP) is 1.49. The molecule has 1 fully saturated rings. The molecule has 1 aromatic rings. The van der Waals surface area contributed by atoms with E-state index in [9.17, 15) is 4.79 Å². The molecule has 0 saturated carbocycles. The molecule has 0 aromatic carbocycles. The van der Waals surface area contributed by atoms with Crippen LogP contribution >= 0.6 is 11.8 Å². The van der Waals surface area contributed by atoms with Crippen LogP contribution in [0.3, 0.4) is 0 Å². The van der Waals surface area contributed by atoms with Gasteiger partial charge in [-0.25, -0.2) is 0 Å². The van der Waals surface area contributed by atoms with Gasteiger partial charge in [-0.3, -0.25) is 4.79 Å². The molecule has 106 valence electrons. The Morgan fingerprint density at radius 3 is 3.05 bits per heavy atom. The molecule has 1 unspecified atom stereocenters. The Morgan fingerprint density at radius 2 is 2.37 bits per heavy atom. The van der Waals surface area contributed by atoms with E-state index in [-0.39, 0.29) is 5.75 Å². The van der Waals surface area contributed by atoms with Crippen LogP contribution in [0.4, 0.5) is 0 Å². The van der Waals surface area contributed by atoms with Gasteiger partial charge in [-0.1, -0.05) is 11.8 Å². The number of carbonyl (C=O) groups is 1. The van der Waals surface area contributed by atoms with E-state index in [1.54, 1.807) is 0 Å². The summed E-state index contributed by atoms with van der Waals surface area (Å²) in [6, 6.07) is 0. The van der Waals surface area contributed by atoms with E-state index in [0.717, 1.165) is 38.1 Å². The molecule has 6 nitrogen and oxygen atoms in total. The van der Waals surface area contributed by atoms with Crippen molar-refractivity contribution in [3.8, 4) is 0 Å². The van der Waals surface area contributed by atoms with Gasteiger partial charge in [0, 0.05) is 20.1 Å². The lowest BCUT2D eigenvalue weighted by Crippen LogP contribution is -2.20. The Bertz CT molecular complexity index is 430.